The Hall–Kier alpha value is -1.57. The van der Waals surface area contributed by atoms with Crippen LogP contribution in [0.1, 0.15) is 5.69 Å². The summed E-state index contributed by atoms with van der Waals surface area (Å²) >= 11 is 0. The molecule has 2 heteroatoms. The molecule has 0 spiro atoms. The van der Waals surface area contributed by atoms with Gasteiger partial charge in [0.05, 0.1) is 12.6 Å². The maximum Gasteiger partial charge on any atom is 0.121 e. The van der Waals surface area contributed by atoms with E-state index in [9.17, 15) is 0 Å². The van der Waals surface area contributed by atoms with E-state index in [-0.39, 0.29) is 0 Å². The third kappa shape index (κ3) is 1.47. The zero-order valence-electron chi connectivity index (χ0n) is 7.74. The van der Waals surface area contributed by atoms with Crippen molar-refractivity contribution in [2.24, 2.45) is 0 Å². The van der Waals surface area contributed by atoms with Crippen LogP contribution in [0.15, 0.2) is 30.3 Å². The zero-order chi connectivity index (χ0) is 9.26. The topological polar surface area (TPSA) is 22.1 Å². The summed E-state index contributed by atoms with van der Waals surface area (Å²) in [6.07, 6.45) is 0. The lowest BCUT2D eigenvalue weighted by atomic mass is 10.2. The molecule has 0 amide bonds. The Labute approximate surface area is 77.2 Å². The molecule has 0 aliphatic heterocycles. The quantitative estimate of drug-likeness (QED) is 0.661. The van der Waals surface area contributed by atoms with Crippen molar-refractivity contribution in [2.45, 2.75) is 6.92 Å². The number of fused-ring (bicyclic) bond motifs is 1. The molecule has 13 heavy (non-hydrogen) atoms. The molecule has 2 aromatic rings. The van der Waals surface area contributed by atoms with E-state index in [0.29, 0.717) is 0 Å². The Bertz CT molecular complexity index is 437. The normalized spacial score (nSPS) is 10.3. The van der Waals surface area contributed by atoms with Crippen LogP contribution in [0.2, 0.25) is 0 Å². The van der Waals surface area contributed by atoms with E-state index in [4.69, 9.17) is 4.74 Å². The summed E-state index contributed by atoms with van der Waals surface area (Å²) in [6, 6.07) is 9.98. The number of hydrogen-bond acceptors (Lipinski definition) is 2. The first-order valence-corrected chi connectivity index (χ1v) is 4.21. The van der Waals surface area contributed by atoms with E-state index in [0.717, 1.165) is 22.3 Å². The Morgan fingerprint density at radius 1 is 1.15 bits per heavy atom. The average molecular weight is 173 g/mol. The second kappa shape index (κ2) is 3.05. The predicted molar refractivity (Wildman–Crippen MR) is 53.0 cm³/mol. The van der Waals surface area contributed by atoms with Crippen molar-refractivity contribution in [3.05, 3.63) is 36.0 Å². The molecule has 0 bridgehead atoms. The maximum atomic E-state index is 5.12. The Morgan fingerprint density at radius 3 is 2.69 bits per heavy atom. The smallest absolute Gasteiger partial charge is 0.121 e. The van der Waals surface area contributed by atoms with Crippen LogP contribution in [0.5, 0.6) is 5.75 Å². The number of ether oxygens (including phenoxy) is 1. The summed E-state index contributed by atoms with van der Waals surface area (Å²) < 4.78 is 5.12. The molecule has 0 saturated carbocycles. The second-order valence-corrected chi connectivity index (χ2v) is 3.01. The Balaban J connectivity index is 2.68. The molecule has 2 rings (SSSR count). The second-order valence-electron chi connectivity index (χ2n) is 3.01. The van der Waals surface area contributed by atoms with Gasteiger partial charge in [0.2, 0.25) is 0 Å². The number of aryl methyl sites for hydroxylation is 1. The fourth-order valence-electron chi connectivity index (χ4n) is 1.33. The van der Waals surface area contributed by atoms with Gasteiger partial charge in [0, 0.05) is 17.1 Å². The molecule has 0 saturated heterocycles. The summed E-state index contributed by atoms with van der Waals surface area (Å²) in [7, 11) is 1.66. The minimum absolute atomic E-state index is 0.852. The van der Waals surface area contributed by atoms with Gasteiger partial charge < -0.3 is 4.74 Å². The van der Waals surface area contributed by atoms with Crippen molar-refractivity contribution in [1.82, 2.24) is 4.98 Å². The van der Waals surface area contributed by atoms with E-state index < -0.39 is 0 Å². The van der Waals surface area contributed by atoms with Crippen LogP contribution in [-0.4, -0.2) is 12.1 Å². The van der Waals surface area contributed by atoms with Crippen LogP contribution in [0.4, 0.5) is 0 Å². The molecule has 0 atom stereocenters. The molecule has 66 valence electrons. The highest BCUT2D eigenvalue weighted by Gasteiger charge is 1.96. The third-order valence-electron chi connectivity index (χ3n) is 2.04. The molecule has 0 fully saturated rings. The average Bonchev–Trinajstić information content (AvgIpc) is 2.16. The number of rotatable bonds is 1. The zero-order valence-corrected chi connectivity index (χ0v) is 7.74. The SMILES string of the molecule is COc1ccc2ccc(C)nc2c1. The van der Waals surface area contributed by atoms with Crippen molar-refractivity contribution < 1.29 is 4.74 Å². The number of aromatic nitrogens is 1. The van der Waals surface area contributed by atoms with Crippen molar-refractivity contribution in [2.75, 3.05) is 7.11 Å². The van der Waals surface area contributed by atoms with Gasteiger partial charge in [-0.2, -0.15) is 0 Å². The van der Waals surface area contributed by atoms with Crippen LogP contribution in [0, 0.1) is 6.92 Å². The lowest BCUT2D eigenvalue weighted by Gasteiger charge is -2.01. The van der Waals surface area contributed by atoms with E-state index in [1.807, 2.05) is 31.2 Å². The van der Waals surface area contributed by atoms with E-state index in [1.54, 1.807) is 7.11 Å². The van der Waals surface area contributed by atoms with Crippen LogP contribution in [0.3, 0.4) is 0 Å². The monoisotopic (exact) mass is 173 g/mol. The van der Waals surface area contributed by atoms with Crippen LogP contribution in [-0.2, 0) is 0 Å². The van der Waals surface area contributed by atoms with Gasteiger partial charge in [-0.05, 0) is 25.1 Å². The Morgan fingerprint density at radius 2 is 1.92 bits per heavy atom. The highest BCUT2D eigenvalue weighted by atomic mass is 16.5. The van der Waals surface area contributed by atoms with Crippen molar-refractivity contribution in [3.63, 3.8) is 0 Å². The van der Waals surface area contributed by atoms with Gasteiger partial charge in [0.25, 0.3) is 0 Å². The molecule has 2 nitrogen and oxygen atoms in total. The van der Waals surface area contributed by atoms with Crippen molar-refractivity contribution in [1.29, 1.82) is 0 Å². The minimum Gasteiger partial charge on any atom is -0.497 e. The molecule has 0 radical (unpaired) electrons. The molecular weight excluding hydrogens is 162 g/mol. The van der Waals surface area contributed by atoms with Gasteiger partial charge in [-0.25, -0.2) is 0 Å². The van der Waals surface area contributed by atoms with Gasteiger partial charge in [0.15, 0.2) is 0 Å². The first-order chi connectivity index (χ1) is 6.29. The van der Waals surface area contributed by atoms with Gasteiger partial charge in [-0.3, -0.25) is 4.98 Å². The molecule has 0 N–H and O–H groups in total. The van der Waals surface area contributed by atoms with E-state index in [2.05, 4.69) is 11.1 Å². The molecule has 0 unspecified atom stereocenters. The van der Waals surface area contributed by atoms with Crippen LogP contribution >= 0.6 is 0 Å². The largest absolute Gasteiger partial charge is 0.497 e. The first-order valence-electron chi connectivity index (χ1n) is 4.21. The van der Waals surface area contributed by atoms with Crippen molar-refractivity contribution in [3.8, 4) is 5.75 Å². The number of methoxy groups -OCH3 is 1. The minimum atomic E-state index is 0.852. The number of benzene rings is 1. The molecule has 1 aromatic carbocycles. The summed E-state index contributed by atoms with van der Waals surface area (Å²) in [4.78, 5) is 4.40. The van der Waals surface area contributed by atoms with Crippen LogP contribution in [0.25, 0.3) is 10.9 Å². The summed E-state index contributed by atoms with van der Waals surface area (Å²) in [6.45, 7) is 1.99. The Kier molecular flexibility index (Phi) is 1.89. The van der Waals surface area contributed by atoms with Gasteiger partial charge in [0.1, 0.15) is 5.75 Å². The molecule has 0 aliphatic carbocycles. The first kappa shape index (κ1) is 8.05. The summed E-state index contributed by atoms with van der Waals surface area (Å²) in [5.74, 6) is 0.852. The summed E-state index contributed by atoms with van der Waals surface area (Å²) in [5, 5.41) is 1.14. The number of hydrogen-bond donors (Lipinski definition) is 0. The van der Waals surface area contributed by atoms with Crippen LogP contribution < -0.4 is 4.74 Å². The highest BCUT2D eigenvalue weighted by molar-refractivity contribution is 5.80. The molecular formula is C11H11NO. The fourth-order valence-corrected chi connectivity index (χ4v) is 1.33. The third-order valence-corrected chi connectivity index (χ3v) is 2.04. The van der Waals surface area contributed by atoms with Gasteiger partial charge >= 0.3 is 0 Å². The predicted octanol–water partition coefficient (Wildman–Crippen LogP) is 2.55. The molecule has 1 heterocycles. The summed E-state index contributed by atoms with van der Waals surface area (Å²) in [5.41, 5.74) is 2.01. The molecule has 0 aliphatic rings. The maximum absolute atomic E-state index is 5.12. The lowest BCUT2D eigenvalue weighted by Crippen LogP contribution is -1.85. The molecule has 1 aromatic heterocycles. The van der Waals surface area contributed by atoms with Crippen molar-refractivity contribution >= 4 is 10.9 Å². The van der Waals surface area contributed by atoms with Gasteiger partial charge in [-0.15, -0.1) is 0 Å². The number of nitrogens with zero attached hydrogens (tertiary/aromatic N) is 1. The van der Waals surface area contributed by atoms with E-state index in [1.165, 1.54) is 0 Å². The fraction of sp³-hybridized carbons (Fsp3) is 0.182. The highest BCUT2D eigenvalue weighted by Crippen LogP contribution is 2.18. The van der Waals surface area contributed by atoms with Gasteiger partial charge in [-0.1, -0.05) is 6.07 Å². The lowest BCUT2D eigenvalue weighted by molar-refractivity contribution is 0.415. The standard InChI is InChI=1S/C11H11NO/c1-8-3-4-9-5-6-10(13-2)7-11(9)12-8/h3-7H,1-2H3. The number of pyridine rings is 1. The van der Waals surface area contributed by atoms with E-state index >= 15 is 0 Å².